The van der Waals surface area contributed by atoms with Crippen LogP contribution >= 0.6 is 0 Å². The fourth-order valence-electron chi connectivity index (χ4n) is 2.68. The second-order valence-electron chi connectivity index (χ2n) is 5.02. The molecule has 0 heterocycles. The van der Waals surface area contributed by atoms with Crippen LogP contribution in [0.4, 0.5) is 0 Å². The van der Waals surface area contributed by atoms with Crippen LogP contribution in [-0.2, 0) is 0 Å². The van der Waals surface area contributed by atoms with Gasteiger partial charge in [0.25, 0.3) is 0 Å². The molecule has 0 bridgehead atoms. The molecular weight excluding hydrogens is 226 g/mol. The van der Waals surface area contributed by atoms with Crippen LogP contribution in [0.15, 0.2) is 4.99 Å². The van der Waals surface area contributed by atoms with Crippen molar-refractivity contribution in [3.8, 4) is 12.3 Å². The Balaban J connectivity index is 2.48. The monoisotopic (exact) mass is 251 g/mol. The standard InChI is InChI=1S/C14H25N3O/c1-3-10-16-13(15-2)17-12-14(9-11-18)7-5-4-6-8-14/h1,18H,4-12H2,2H3,(H2,15,16,17). The summed E-state index contributed by atoms with van der Waals surface area (Å²) in [6.07, 6.45) is 12.3. The van der Waals surface area contributed by atoms with Crippen LogP contribution in [0.2, 0.25) is 0 Å². The van der Waals surface area contributed by atoms with Gasteiger partial charge < -0.3 is 15.7 Å². The SMILES string of the molecule is C#CCNC(=NC)NCC1(CCO)CCCCC1. The Morgan fingerprint density at radius 2 is 2.06 bits per heavy atom. The van der Waals surface area contributed by atoms with Crippen molar-refractivity contribution in [2.75, 3.05) is 26.7 Å². The maximum absolute atomic E-state index is 9.25. The highest BCUT2D eigenvalue weighted by atomic mass is 16.3. The average molecular weight is 251 g/mol. The zero-order valence-corrected chi connectivity index (χ0v) is 11.3. The fourth-order valence-corrected chi connectivity index (χ4v) is 2.68. The lowest BCUT2D eigenvalue weighted by molar-refractivity contribution is 0.131. The summed E-state index contributed by atoms with van der Waals surface area (Å²) in [7, 11) is 1.74. The lowest BCUT2D eigenvalue weighted by atomic mass is 9.72. The van der Waals surface area contributed by atoms with Gasteiger partial charge in [-0.1, -0.05) is 25.2 Å². The number of hydrogen-bond donors (Lipinski definition) is 3. The molecule has 0 aliphatic heterocycles. The van der Waals surface area contributed by atoms with E-state index in [9.17, 15) is 5.11 Å². The van der Waals surface area contributed by atoms with Gasteiger partial charge in [0.05, 0.1) is 6.54 Å². The van der Waals surface area contributed by atoms with Crippen molar-refractivity contribution in [2.45, 2.75) is 38.5 Å². The van der Waals surface area contributed by atoms with E-state index in [1.54, 1.807) is 7.05 Å². The van der Waals surface area contributed by atoms with E-state index in [0.29, 0.717) is 6.54 Å². The molecule has 1 aliphatic rings. The van der Waals surface area contributed by atoms with Gasteiger partial charge in [-0.25, -0.2) is 0 Å². The fraction of sp³-hybridized carbons (Fsp3) is 0.786. The predicted octanol–water partition coefficient (Wildman–Crippen LogP) is 1.12. The normalized spacial score (nSPS) is 19.1. The van der Waals surface area contributed by atoms with Crippen molar-refractivity contribution in [1.29, 1.82) is 0 Å². The molecule has 1 fully saturated rings. The number of aliphatic imine (C=N–C) groups is 1. The summed E-state index contributed by atoms with van der Waals surface area (Å²) in [6.45, 7) is 1.60. The van der Waals surface area contributed by atoms with E-state index in [-0.39, 0.29) is 12.0 Å². The van der Waals surface area contributed by atoms with Gasteiger partial charge in [0.15, 0.2) is 5.96 Å². The molecule has 0 radical (unpaired) electrons. The summed E-state index contributed by atoms with van der Waals surface area (Å²) in [4.78, 5) is 4.14. The molecule has 0 atom stereocenters. The Labute approximate surface area is 110 Å². The van der Waals surface area contributed by atoms with Crippen molar-refractivity contribution in [2.24, 2.45) is 10.4 Å². The Bertz CT molecular complexity index is 295. The first-order valence-electron chi connectivity index (χ1n) is 6.75. The Hall–Kier alpha value is -1.21. The third-order valence-corrected chi connectivity index (χ3v) is 3.77. The molecule has 3 N–H and O–H groups in total. The topological polar surface area (TPSA) is 56.7 Å². The molecule has 1 aliphatic carbocycles. The number of rotatable bonds is 5. The molecule has 0 saturated heterocycles. The molecule has 0 spiro atoms. The molecule has 0 aromatic carbocycles. The zero-order chi connectivity index (χ0) is 13.3. The van der Waals surface area contributed by atoms with E-state index in [1.165, 1.54) is 32.1 Å². The van der Waals surface area contributed by atoms with E-state index in [2.05, 4.69) is 21.5 Å². The quantitative estimate of drug-likeness (QED) is 0.390. The van der Waals surface area contributed by atoms with Gasteiger partial charge >= 0.3 is 0 Å². The maximum Gasteiger partial charge on any atom is 0.191 e. The minimum atomic E-state index is 0.223. The first-order valence-corrected chi connectivity index (χ1v) is 6.75. The molecule has 4 nitrogen and oxygen atoms in total. The first-order chi connectivity index (χ1) is 8.76. The highest BCUT2D eigenvalue weighted by Gasteiger charge is 2.31. The van der Waals surface area contributed by atoms with Crippen LogP contribution in [0, 0.1) is 17.8 Å². The predicted molar refractivity (Wildman–Crippen MR) is 75.4 cm³/mol. The summed E-state index contributed by atoms with van der Waals surface area (Å²) in [5, 5.41) is 15.6. The highest BCUT2D eigenvalue weighted by molar-refractivity contribution is 5.79. The number of aliphatic hydroxyl groups excluding tert-OH is 1. The minimum Gasteiger partial charge on any atom is -0.396 e. The van der Waals surface area contributed by atoms with E-state index >= 15 is 0 Å². The lowest BCUT2D eigenvalue weighted by Gasteiger charge is -2.37. The molecule has 4 heteroatoms. The van der Waals surface area contributed by atoms with Crippen LogP contribution in [0.5, 0.6) is 0 Å². The number of nitrogens with one attached hydrogen (secondary N) is 2. The first kappa shape index (κ1) is 14.8. The Kier molecular flexibility index (Phi) is 6.59. The largest absolute Gasteiger partial charge is 0.396 e. The van der Waals surface area contributed by atoms with Crippen molar-refractivity contribution >= 4 is 5.96 Å². The number of terminal acetylenes is 1. The van der Waals surface area contributed by atoms with E-state index < -0.39 is 0 Å². The third-order valence-electron chi connectivity index (χ3n) is 3.77. The highest BCUT2D eigenvalue weighted by Crippen LogP contribution is 2.38. The molecule has 102 valence electrons. The number of hydrogen-bond acceptors (Lipinski definition) is 2. The van der Waals surface area contributed by atoms with Crippen LogP contribution in [0.25, 0.3) is 0 Å². The molecule has 1 rings (SSSR count). The zero-order valence-electron chi connectivity index (χ0n) is 11.3. The van der Waals surface area contributed by atoms with Crippen molar-refractivity contribution in [3.05, 3.63) is 0 Å². The second kappa shape index (κ2) is 7.99. The number of aliphatic hydroxyl groups is 1. The average Bonchev–Trinajstić information content (AvgIpc) is 2.40. The van der Waals surface area contributed by atoms with E-state index in [1.807, 2.05) is 0 Å². The Morgan fingerprint density at radius 1 is 1.33 bits per heavy atom. The van der Waals surface area contributed by atoms with Gasteiger partial charge in [-0.05, 0) is 24.7 Å². The third kappa shape index (κ3) is 4.58. The molecule has 0 unspecified atom stereocenters. The minimum absolute atomic E-state index is 0.223. The van der Waals surface area contributed by atoms with Crippen LogP contribution in [0.1, 0.15) is 38.5 Å². The van der Waals surface area contributed by atoms with Gasteiger partial charge in [-0.15, -0.1) is 6.42 Å². The summed E-state index contributed by atoms with van der Waals surface area (Å²) in [6, 6.07) is 0. The van der Waals surface area contributed by atoms with Crippen LogP contribution in [0.3, 0.4) is 0 Å². The molecule has 18 heavy (non-hydrogen) atoms. The maximum atomic E-state index is 9.25. The van der Waals surface area contributed by atoms with Crippen LogP contribution in [-0.4, -0.2) is 37.8 Å². The molecule has 0 aromatic heterocycles. The lowest BCUT2D eigenvalue weighted by Crippen LogP contribution is -2.45. The number of nitrogens with zero attached hydrogens (tertiary/aromatic N) is 1. The van der Waals surface area contributed by atoms with Crippen molar-refractivity contribution in [1.82, 2.24) is 10.6 Å². The Morgan fingerprint density at radius 3 is 2.61 bits per heavy atom. The van der Waals surface area contributed by atoms with E-state index in [4.69, 9.17) is 6.42 Å². The molecular formula is C14H25N3O. The van der Waals surface area contributed by atoms with Crippen LogP contribution < -0.4 is 10.6 Å². The summed E-state index contributed by atoms with van der Waals surface area (Å²) in [5.41, 5.74) is 0.223. The summed E-state index contributed by atoms with van der Waals surface area (Å²) >= 11 is 0. The molecule has 0 aromatic rings. The van der Waals surface area contributed by atoms with Gasteiger partial charge in [-0.3, -0.25) is 4.99 Å². The summed E-state index contributed by atoms with van der Waals surface area (Å²) in [5.74, 6) is 3.28. The van der Waals surface area contributed by atoms with Gasteiger partial charge in [0.2, 0.25) is 0 Å². The van der Waals surface area contributed by atoms with Crippen molar-refractivity contribution in [3.63, 3.8) is 0 Å². The molecule has 0 amide bonds. The van der Waals surface area contributed by atoms with Gasteiger partial charge in [0.1, 0.15) is 0 Å². The molecule has 1 saturated carbocycles. The van der Waals surface area contributed by atoms with Crippen molar-refractivity contribution < 1.29 is 5.11 Å². The smallest absolute Gasteiger partial charge is 0.191 e. The van der Waals surface area contributed by atoms with Gasteiger partial charge in [0, 0.05) is 20.2 Å². The second-order valence-corrected chi connectivity index (χ2v) is 5.02. The van der Waals surface area contributed by atoms with Gasteiger partial charge in [-0.2, -0.15) is 0 Å². The summed E-state index contributed by atoms with van der Waals surface area (Å²) < 4.78 is 0. The van der Waals surface area contributed by atoms with E-state index in [0.717, 1.165) is 18.9 Å². The number of guanidine groups is 1.